The molecule has 1 aliphatic rings. The van der Waals surface area contributed by atoms with Crippen molar-refractivity contribution in [1.82, 2.24) is 10.2 Å². The second kappa shape index (κ2) is 10.8. The quantitative estimate of drug-likeness (QED) is 0.350. The first-order valence-electron chi connectivity index (χ1n) is 12.1. The van der Waals surface area contributed by atoms with Crippen molar-refractivity contribution in [1.29, 1.82) is 0 Å². The molecule has 0 bridgehead atoms. The maximum Gasteiger partial charge on any atom is 0.255 e. The molecule has 0 radical (unpaired) electrons. The van der Waals surface area contributed by atoms with Crippen molar-refractivity contribution in [3.63, 3.8) is 0 Å². The monoisotopic (exact) mass is 464 g/mol. The average Bonchev–Trinajstić information content (AvgIpc) is 3.20. The number of para-hydroxylation sites is 1. The van der Waals surface area contributed by atoms with Gasteiger partial charge in [0.15, 0.2) is 5.82 Å². The van der Waals surface area contributed by atoms with Gasteiger partial charge in [-0.25, -0.2) is 0 Å². The summed E-state index contributed by atoms with van der Waals surface area (Å²) in [7, 11) is 0. The Bertz CT molecular complexity index is 1230. The summed E-state index contributed by atoms with van der Waals surface area (Å²) < 4.78 is 5.79. The van der Waals surface area contributed by atoms with Crippen LogP contribution in [0.1, 0.15) is 36.0 Å². The lowest BCUT2D eigenvalue weighted by Gasteiger charge is -2.20. The predicted molar refractivity (Wildman–Crippen MR) is 139 cm³/mol. The highest BCUT2D eigenvalue weighted by atomic mass is 16.5. The van der Waals surface area contributed by atoms with Gasteiger partial charge in [-0.2, -0.15) is 0 Å². The first kappa shape index (κ1) is 22.6. The van der Waals surface area contributed by atoms with Crippen LogP contribution in [-0.2, 0) is 0 Å². The summed E-state index contributed by atoms with van der Waals surface area (Å²) in [5.74, 6) is 2.21. The molecule has 6 heteroatoms. The molecule has 0 spiro atoms. The number of amides is 1. The molecule has 0 saturated carbocycles. The van der Waals surface area contributed by atoms with Crippen LogP contribution in [0.4, 0.5) is 11.5 Å². The molecule has 1 N–H and O–H groups in total. The van der Waals surface area contributed by atoms with Gasteiger partial charge in [0, 0.05) is 29.9 Å². The van der Waals surface area contributed by atoms with Gasteiger partial charge in [-0.1, -0.05) is 43.2 Å². The Hall–Kier alpha value is -4.19. The number of ether oxygens (including phenoxy) is 1. The van der Waals surface area contributed by atoms with Crippen LogP contribution < -0.4 is 15.0 Å². The first-order valence-corrected chi connectivity index (χ1v) is 12.1. The Morgan fingerprint density at radius 2 is 1.40 bits per heavy atom. The van der Waals surface area contributed by atoms with Crippen LogP contribution in [0.5, 0.6) is 11.5 Å². The number of nitrogens with zero attached hydrogens (tertiary/aromatic N) is 3. The Morgan fingerprint density at radius 1 is 0.714 bits per heavy atom. The van der Waals surface area contributed by atoms with Crippen molar-refractivity contribution >= 4 is 17.4 Å². The van der Waals surface area contributed by atoms with Gasteiger partial charge in [-0.05, 0) is 73.5 Å². The lowest BCUT2D eigenvalue weighted by molar-refractivity contribution is 0.102. The summed E-state index contributed by atoms with van der Waals surface area (Å²) in [5.41, 5.74) is 3.05. The Morgan fingerprint density at radius 3 is 2.06 bits per heavy atom. The van der Waals surface area contributed by atoms with E-state index in [9.17, 15) is 4.79 Å². The van der Waals surface area contributed by atoms with Gasteiger partial charge >= 0.3 is 0 Å². The molecule has 4 aromatic rings. The molecule has 0 atom stereocenters. The number of aromatic nitrogens is 2. The smallest absolute Gasteiger partial charge is 0.255 e. The molecule has 176 valence electrons. The third-order valence-corrected chi connectivity index (χ3v) is 6.11. The Kier molecular flexibility index (Phi) is 6.99. The van der Waals surface area contributed by atoms with Crippen molar-refractivity contribution in [2.45, 2.75) is 25.7 Å². The van der Waals surface area contributed by atoms with Crippen molar-refractivity contribution in [2.75, 3.05) is 23.3 Å². The maximum atomic E-state index is 12.7. The largest absolute Gasteiger partial charge is 0.457 e. The molecule has 0 unspecified atom stereocenters. The molecule has 0 aliphatic carbocycles. The van der Waals surface area contributed by atoms with Gasteiger partial charge in [0.05, 0.1) is 5.69 Å². The van der Waals surface area contributed by atoms with Gasteiger partial charge in [-0.3, -0.25) is 4.79 Å². The zero-order valence-electron chi connectivity index (χ0n) is 19.6. The van der Waals surface area contributed by atoms with E-state index in [1.165, 1.54) is 25.7 Å². The maximum absolute atomic E-state index is 12.7. The zero-order valence-corrected chi connectivity index (χ0v) is 19.6. The second-order valence-corrected chi connectivity index (χ2v) is 8.65. The van der Waals surface area contributed by atoms with E-state index >= 15 is 0 Å². The van der Waals surface area contributed by atoms with Crippen molar-refractivity contribution < 1.29 is 9.53 Å². The van der Waals surface area contributed by atoms with Gasteiger partial charge in [0.25, 0.3) is 5.91 Å². The molecule has 1 aromatic heterocycles. The minimum Gasteiger partial charge on any atom is -0.457 e. The van der Waals surface area contributed by atoms with E-state index in [0.717, 1.165) is 41.6 Å². The van der Waals surface area contributed by atoms with Crippen molar-refractivity contribution in [3.05, 3.63) is 96.6 Å². The molecular formula is C29H28N4O2. The molecule has 35 heavy (non-hydrogen) atoms. The van der Waals surface area contributed by atoms with Gasteiger partial charge in [-0.15, -0.1) is 10.2 Å². The summed E-state index contributed by atoms with van der Waals surface area (Å²) in [5, 5.41) is 11.8. The fourth-order valence-electron chi connectivity index (χ4n) is 4.17. The van der Waals surface area contributed by atoms with E-state index in [2.05, 4.69) is 26.5 Å². The van der Waals surface area contributed by atoms with Crippen LogP contribution in [0, 0.1) is 0 Å². The molecule has 5 rings (SSSR count). The lowest BCUT2D eigenvalue weighted by atomic mass is 10.1. The third kappa shape index (κ3) is 5.84. The number of hydrogen-bond donors (Lipinski definition) is 1. The van der Waals surface area contributed by atoms with E-state index in [0.29, 0.717) is 11.3 Å². The second-order valence-electron chi connectivity index (χ2n) is 8.65. The van der Waals surface area contributed by atoms with Crippen LogP contribution in [0.15, 0.2) is 91.0 Å². The molecule has 2 heterocycles. The summed E-state index contributed by atoms with van der Waals surface area (Å²) in [4.78, 5) is 15.0. The van der Waals surface area contributed by atoms with E-state index in [4.69, 9.17) is 4.74 Å². The fraction of sp³-hybridized carbons (Fsp3) is 0.207. The standard InChI is InChI=1S/C29H28N4O2/c34-29(23-12-16-26(17-13-23)35-25-8-4-3-5-9-25)30-24-14-10-22(11-15-24)27-18-19-28(32-31-27)33-20-6-1-2-7-21-33/h3-5,8-19H,1-2,6-7,20-21H2,(H,30,34). The summed E-state index contributed by atoms with van der Waals surface area (Å²) >= 11 is 0. The first-order chi connectivity index (χ1) is 17.2. The number of nitrogens with one attached hydrogen (secondary N) is 1. The van der Waals surface area contributed by atoms with Crippen LogP contribution in [0.25, 0.3) is 11.3 Å². The minimum atomic E-state index is -0.175. The van der Waals surface area contributed by atoms with E-state index < -0.39 is 0 Å². The summed E-state index contributed by atoms with van der Waals surface area (Å²) in [6.07, 6.45) is 5.00. The molecule has 1 aliphatic heterocycles. The zero-order chi connectivity index (χ0) is 23.9. The summed E-state index contributed by atoms with van der Waals surface area (Å²) in [6, 6.07) is 28.4. The fourth-order valence-corrected chi connectivity index (χ4v) is 4.17. The average molecular weight is 465 g/mol. The van der Waals surface area contributed by atoms with Crippen LogP contribution in [0.2, 0.25) is 0 Å². The van der Waals surface area contributed by atoms with Gasteiger partial charge in [0.1, 0.15) is 11.5 Å². The van der Waals surface area contributed by atoms with Crippen molar-refractivity contribution in [2.24, 2.45) is 0 Å². The topological polar surface area (TPSA) is 67.4 Å². The van der Waals surface area contributed by atoms with E-state index in [1.54, 1.807) is 24.3 Å². The van der Waals surface area contributed by atoms with Crippen LogP contribution >= 0.6 is 0 Å². The Balaban J connectivity index is 1.19. The molecule has 1 amide bonds. The van der Waals surface area contributed by atoms with Gasteiger partial charge < -0.3 is 15.0 Å². The highest BCUT2D eigenvalue weighted by Gasteiger charge is 2.12. The van der Waals surface area contributed by atoms with E-state index in [-0.39, 0.29) is 5.91 Å². The SMILES string of the molecule is O=C(Nc1ccc(-c2ccc(N3CCCCCC3)nn2)cc1)c1ccc(Oc2ccccc2)cc1. The number of rotatable bonds is 6. The predicted octanol–water partition coefficient (Wildman–Crippen LogP) is 6.57. The summed E-state index contributed by atoms with van der Waals surface area (Å²) in [6.45, 7) is 2.09. The number of carbonyl (C=O) groups is 1. The van der Waals surface area contributed by atoms with Crippen LogP contribution in [0.3, 0.4) is 0 Å². The minimum absolute atomic E-state index is 0.175. The normalized spacial score (nSPS) is 13.7. The van der Waals surface area contributed by atoms with Crippen LogP contribution in [-0.4, -0.2) is 29.2 Å². The highest BCUT2D eigenvalue weighted by Crippen LogP contribution is 2.24. The molecule has 6 nitrogen and oxygen atoms in total. The lowest BCUT2D eigenvalue weighted by Crippen LogP contribution is -2.25. The number of hydrogen-bond acceptors (Lipinski definition) is 5. The Labute approximate surface area is 205 Å². The molecule has 1 fully saturated rings. The third-order valence-electron chi connectivity index (χ3n) is 6.11. The molecular weight excluding hydrogens is 436 g/mol. The number of benzene rings is 3. The van der Waals surface area contributed by atoms with Crippen molar-refractivity contribution in [3.8, 4) is 22.8 Å². The highest BCUT2D eigenvalue weighted by molar-refractivity contribution is 6.04. The number of carbonyl (C=O) groups excluding carboxylic acids is 1. The van der Waals surface area contributed by atoms with E-state index in [1.807, 2.05) is 60.7 Å². The molecule has 1 saturated heterocycles. The number of anilines is 2. The van der Waals surface area contributed by atoms with Gasteiger partial charge in [0.2, 0.25) is 0 Å². The molecule has 3 aromatic carbocycles.